The van der Waals surface area contributed by atoms with Gasteiger partial charge in [-0.15, -0.1) is 0 Å². The average molecular weight is 637 g/mol. The molecule has 232 valence electrons. The zero-order valence-electron chi connectivity index (χ0n) is 27.0. The Balaban J connectivity index is 1.28. The van der Waals surface area contributed by atoms with Gasteiger partial charge in [-0.05, 0) is 79.8 Å². The van der Waals surface area contributed by atoms with E-state index in [2.05, 4.69) is 174 Å². The number of hydrogen-bond acceptors (Lipinski definition) is 2. The van der Waals surface area contributed by atoms with Gasteiger partial charge in [-0.25, -0.2) is 4.98 Å². The summed E-state index contributed by atoms with van der Waals surface area (Å²) in [7, 11) is 0. The molecule has 3 nitrogen and oxygen atoms in total. The molecule has 8 aromatic carbocycles. The van der Waals surface area contributed by atoms with E-state index in [1.807, 2.05) is 0 Å². The number of hydrogen-bond donors (Lipinski definition) is 0. The summed E-state index contributed by atoms with van der Waals surface area (Å²) in [6, 6.07) is 60.8. The van der Waals surface area contributed by atoms with Gasteiger partial charge in [0.1, 0.15) is 17.0 Å². The highest BCUT2D eigenvalue weighted by molar-refractivity contribution is 6.21. The molecule has 11 rings (SSSR count). The van der Waals surface area contributed by atoms with Crippen LogP contribution in [0.2, 0.25) is 0 Å². The minimum absolute atomic E-state index is 0.840. The molecule has 0 N–H and O–H groups in total. The molecule has 0 unspecified atom stereocenters. The Bertz CT molecular complexity index is 3200. The van der Waals surface area contributed by atoms with Gasteiger partial charge >= 0.3 is 0 Å². The van der Waals surface area contributed by atoms with Gasteiger partial charge in [0.2, 0.25) is 0 Å². The Labute approximate surface area is 286 Å². The van der Waals surface area contributed by atoms with Crippen molar-refractivity contribution in [3.63, 3.8) is 0 Å². The Morgan fingerprint density at radius 2 is 1.06 bits per heavy atom. The standard InChI is InChI=1S/C47H28N2O/c1-2-12-29(13-3-1)30-24-25-31-27-41-39-20-10-21-40(46(39)50-44(41)28-32(31)26-30)47-48-42-22-11-19-38-36-17-7-5-15-34(36)33-14-4-6-16-35(33)37-18-8-9-23-43(37)49(47)45(38)42/h1-28H. The second-order valence-corrected chi connectivity index (χ2v) is 13.1. The van der Waals surface area contributed by atoms with Crippen LogP contribution in [-0.4, -0.2) is 9.38 Å². The van der Waals surface area contributed by atoms with Crippen molar-refractivity contribution in [1.29, 1.82) is 0 Å². The van der Waals surface area contributed by atoms with Gasteiger partial charge in [0.05, 0.1) is 22.1 Å². The number of para-hydroxylation sites is 3. The number of nitrogens with zero attached hydrogens (tertiary/aromatic N) is 2. The summed E-state index contributed by atoms with van der Waals surface area (Å²) in [5, 5.41) is 11.7. The number of fused-ring (bicyclic) bond motifs is 11. The fourth-order valence-corrected chi connectivity index (χ4v) is 8.09. The summed E-state index contributed by atoms with van der Waals surface area (Å²) in [5.74, 6) is 0.859. The first-order valence-electron chi connectivity index (χ1n) is 17.0. The van der Waals surface area contributed by atoms with Crippen LogP contribution in [0.3, 0.4) is 0 Å². The maximum atomic E-state index is 6.86. The van der Waals surface area contributed by atoms with Crippen LogP contribution in [0.25, 0.3) is 104 Å². The molecule has 0 saturated carbocycles. The van der Waals surface area contributed by atoms with Crippen LogP contribution in [0, 0.1) is 0 Å². The predicted molar refractivity (Wildman–Crippen MR) is 210 cm³/mol. The fraction of sp³-hybridized carbons (Fsp3) is 0. The number of benzene rings is 8. The Morgan fingerprint density at radius 3 is 1.86 bits per heavy atom. The van der Waals surface area contributed by atoms with Gasteiger partial charge < -0.3 is 4.42 Å². The zero-order valence-corrected chi connectivity index (χ0v) is 27.0. The lowest BCUT2D eigenvalue weighted by molar-refractivity contribution is 0.670. The van der Waals surface area contributed by atoms with Gasteiger partial charge in [-0.1, -0.05) is 133 Å². The lowest BCUT2D eigenvalue weighted by Crippen LogP contribution is -1.91. The zero-order chi connectivity index (χ0) is 32.8. The lowest BCUT2D eigenvalue weighted by Gasteiger charge is -2.06. The first-order valence-corrected chi connectivity index (χ1v) is 17.0. The maximum Gasteiger partial charge on any atom is 0.149 e. The largest absolute Gasteiger partial charge is 0.455 e. The quantitative estimate of drug-likeness (QED) is 0.189. The van der Waals surface area contributed by atoms with Crippen LogP contribution in [0.4, 0.5) is 0 Å². The summed E-state index contributed by atoms with van der Waals surface area (Å²) in [6.45, 7) is 0. The van der Waals surface area contributed by atoms with E-state index in [9.17, 15) is 0 Å². The molecule has 0 spiro atoms. The van der Waals surface area contributed by atoms with E-state index in [0.29, 0.717) is 0 Å². The SMILES string of the molecule is c1ccc(-c2ccc3cc4c(cc3c2)oc2c(-c3nc5cccc6c7ccccc7c7ccccc7c7ccccc7n3c56)cccc24)cc1. The third-order valence-corrected chi connectivity index (χ3v) is 10.4. The summed E-state index contributed by atoms with van der Waals surface area (Å²) < 4.78 is 9.23. The number of imidazole rings is 1. The van der Waals surface area contributed by atoms with Crippen LogP contribution in [0.5, 0.6) is 0 Å². The van der Waals surface area contributed by atoms with Crippen LogP contribution in [0.1, 0.15) is 0 Å². The van der Waals surface area contributed by atoms with E-state index in [0.717, 1.165) is 66.0 Å². The van der Waals surface area contributed by atoms with Crippen LogP contribution < -0.4 is 0 Å². The summed E-state index contributed by atoms with van der Waals surface area (Å²) in [4.78, 5) is 5.42. The molecule has 0 aliphatic carbocycles. The molecule has 50 heavy (non-hydrogen) atoms. The minimum Gasteiger partial charge on any atom is -0.455 e. The monoisotopic (exact) mass is 636 g/mol. The molecule has 3 aromatic heterocycles. The molecular weight excluding hydrogens is 609 g/mol. The van der Waals surface area contributed by atoms with Crippen molar-refractivity contribution in [2.24, 2.45) is 0 Å². The van der Waals surface area contributed by atoms with Crippen molar-refractivity contribution in [3.05, 3.63) is 170 Å². The molecule has 3 heteroatoms. The Hall–Kier alpha value is -6.71. The summed E-state index contributed by atoms with van der Waals surface area (Å²) in [6.07, 6.45) is 0. The van der Waals surface area contributed by atoms with Gasteiger partial charge in [-0.2, -0.15) is 0 Å². The Kier molecular flexibility index (Phi) is 5.67. The predicted octanol–water partition coefficient (Wildman–Crippen LogP) is 12.9. The molecule has 0 saturated heterocycles. The van der Waals surface area contributed by atoms with Crippen molar-refractivity contribution in [2.75, 3.05) is 0 Å². The molecule has 0 bridgehead atoms. The van der Waals surface area contributed by atoms with Gasteiger partial charge in [0.25, 0.3) is 0 Å². The topological polar surface area (TPSA) is 30.4 Å². The second-order valence-electron chi connectivity index (χ2n) is 13.1. The van der Waals surface area contributed by atoms with E-state index in [1.54, 1.807) is 0 Å². The van der Waals surface area contributed by atoms with E-state index in [-0.39, 0.29) is 0 Å². The second kappa shape index (κ2) is 10.4. The molecule has 0 radical (unpaired) electrons. The van der Waals surface area contributed by atoms with Gasteiger partial charge in [0, 0.05) is 21.5 Å². The highest BCUT2D eigenvalue weighted by atomic mass is 16.3. The third kappa shape index (κ3) is 3.89. The normalized spacial score (nSPS) is 12.0. The maximum absolute atomic E-state index is 6.86. The molecule has 0 aliphatic heterocycles. The molecule has 11 aromatic rings. The van der Waals surface area contributed by atoms with E-state index in [4.69, 9.17) is 9.40 Å². The third-order valence-electron chi connectivity index (χ3n) is 10.4. The van der Waals surface area contributed by atoms with Crippen molar-refractivity contribution in [1.82, 2.24) is 9.38 Å². The number of aromatic nitrogens is 2. The van der Waals surface area contributed by atoms with Crippen molar-refractivity contribution >= 4 is 81.6 Å². The molecule has 0 aliphatic rings. The number of rotatable bonds is 2. The van der Waals surface area contributed by atoms with Crippen molar-refractivity contribution < 1.29 is 4.42 Å². The van der Waals surface area contributed by atoms with Gasteiger partial charge in [0.15, 0.2) is 0 Å². The number of furan rings is 1. The highest BCUT2D eigenvalue weighted by Crippen LogP contribution is 2.41. The summed E-state index contributed by atoms with van der Waals surface area (Å²) in [5.41, 5.74) is 8.19. The smallest absolute Gasteiger partial charge is 0.149 e. The van der Waals surface area contributed by atoms with Crippen LogP contribution in [-0.2, 0) is 0 Å². The first kappa shape index (κ1) is 27.3. The van der Waals surface area contributed by atoms with Crippen LogP contribution in [0.15, 0.2) is 174 Å². The first-order chi connectivity index (χ1) is 24.8. The van der Waals surface area contributed by atoms with Crippen molar-refractivity contribution in [3.8, 4) is 22.5 Å². The van der Waals surface area contributed by atoms with Crippen LogP contribution >= 0.6 is 0 Å². The molecular formula is C47H28N2O. The minimum atomic E-state index is 0.840. The van der Waals surface area contributed by atoms with E-state index >= 15 is 0 Å². The highest BCUT2D eigenvalue weighted by Gasteiger charge is 2.20. The fourth-order valence-electron chi connectivity index (χ4n) is 8.09. The summed E-state index contributed by atoms with van der Waals surface area (Å²) >= 11 is 0. The van der Waals surface area contributed by atoms with Gasteiger partial charge in [-0.3, -0.25) is 4.40 Å². The molecule has 0 atom stereocenters. The van der Waals surface area contributed by atoms with Crippen molar-refractivity contribution in [2.45, 2.75) is 0 Å². The lowest BCUT2D eigenvalue weighted by atomic mass is 9.99. The Morgan fingerprint density at radius 1 is 0.420 bits per heavy atom. The average Bonchev–Trinajstić information content (AvgIpc) is 3.76. The molecule has 0 fully saturated rings. The van der Waals surface area contributed by atoms with E-state index < -0.39 is 0 Å². The molecule has 0 amide bonds. The molecule has 3 heterocycles. The van der Waals surface area contributed by atoms with E-state index in [1.165, 1.54) is 38.1 Å².